The van der Waals surface area contributed by atoms with E-state index in [4.69, 9.17) is 10.4 Å². The maximum absolute atomic E-state index is 9.32. The summed E-state index contributed by atoms with van der Waals surface area (Å²) in [5.74, 6) is -0.366. The normalized spacial score (nSPS) is 9.42. The fourth-order valence-corrected chi connectivity index (χ4v) is 0.959. The predicted octanol–water partition coefficient (Wildman–Crippen LogP) is 0.981. The van der Waals surface area contributed by atoms with Crippen molar-refractivity contribution in [2.75, 3.05) is 0 Å². The van der Waals surface area contributed by atoms with Crippen molar-refractivity contribution >= 4 is 0 Å². The Kier molecular flexibility index (Phi) is 1.88. The van der Waals surface area contributed by atoms with E-state index in [0.717, 1.165) is 0 Å². The number of pyridine rings is 1. The van der Waals surface area contributed by atoms with Gasteiger partial charge in [-0.1, -0.05) is 0 Å². The average molecular weight is 164 g/mol. The average Bonchev–Trinajstić information content (AvgIpc) is 2.01. The Morgan fingerprint density at radius 1 is 1.33 bits per heavy atom. The minimum absolute atomic E-state index is 0.0260. The number of rotatable bonds is 0. The fourth-order valence-electron chi connectivity index (χ4n) is 0.959. The summed E-state index contributed by atoms with van der Waals surface area (Å²) in [6, 6.07) is 1.76. The molecule has 12 heavy (non-hydrogen) atoms. The van der Waals surface area contributed by atoms with Crippen LogP contribution < -0.4 is 0 Å². The second kappa shape index (κ2) is 2.70. The quantitative estimate of drug-likeness (QED) is 0.599. The van der Waals surface area contributed by atoms with Crippen LogP contribution in [0.5, 0.6) is 11.6 Å². The van der Waals surface area contributed by atoms with Crippen LogP contribution in [0.3, 0.4) is 0 Å². The zero-order valence-electron chi connectivity index (χ0n) is 6.79. The van der Waals surface area contributed by atoms with Crippen molar-refractivity contribution < 1.29 is 10.2 Å². The molecule has 1 aromatic rings. The van der Waals surface area contributed by atoms with Gasteiger partial charge < -0.3 is 10.2 Å². The van der Waals surface area contributed by atoms with Gasteiger partial charge in [0.25, 0.3) is 0 Å². The molecule has 0 saturated heterocycles. The number of nitrogens with zero attached hydrogens (tertiary/aromatic N) is 2. The summed E-state index contributed by atoms with van der Waals surface area (Å²) in [4.78, 5) is 3.59. The summed E-state index contributed by atoms with van der Waals surface area (Å²) < 4.78 is 0. The van der Waals surface area contributed by atoms with Crippen LogP contribution in [0.4, 0.5) is 0 Å². The maximum Gasteiger partial charge on any atom is 0.229 e. The molecule has 4 heteroatoms. The number of hydrogen-bond donors (Lipinski definition) is 2. The lowest BCUT2D eigenvalue weighted by Crippen LogP contribution is -1.91. The zero-order chi connectivity index (χ0) is 9.30. The topological polar surface area (TPSA) is 77.1 Å². The van der Waals surface area contributed by atoms with E-state index >= 15 is 0 Å². The van der Waals surface area contributed by atoms with Crippen molar-refractivity contribution in [3.8, 4) is 17.7 Å². The van der Waals surface area contributed by atoms with E-state index in [1.807, 2.05) is 0 Å². The standard InChI is InChI=1S/C8H8N2O2/c1-4-6(3-9)8(12)10-5(2)7(4)11/h11H,1-2H3,(H,10,12). The third-order valence-corrected chi connectivity index (χ3v) is 1.68. The van der Waals surface area contributed by atoms with E-state index < -0.39 is 0 Å². The summed E-state index contributed by atoms with van der Waals surface area (Å²) in [7, 11) is 0. The Bertz CT molecular complexity index is 366. The molecule has 0 aliphatic rings. The minimum atomic E-state index is -0.328. The second-order valence-corrected chi connectivity index (χ2v) is 2.48. The molecule has 0 atom stereocenters. The van der Waals surface area contributed by atoms with E-state index in [9.17, 15) is 5.11 Å². The van der Waals surface area contributed by atoms with Gasteiger partial charge in [-0.25, -0.2) is 4.98 Å². The van der Waals surface area contributed by atoms with Gasteiger partial charge in [-0.15, -0.1) is 0 Å². The SMILES string of the molecule is Cc1nc(O)c(C#N)c(C)c1O. The first-order valence-electron chi connectivity index (χ1n) is 3.37. The third-order valence-electron chi connectivity index (χ3n) is 1.68. The molecular formula is C8H8N2O2. The van der Waals surface area contributed by atoms with Crippen LogP contribution >= 0.6 is 0 Å². The van der Waals surface area contributed by atoms with Crippen molar-refractivity contribution in [2.24, 2.45) is 0 Å². The Morgan fingerprint density at radius 2 is 1.92 bits per heavy atom. The molecule has 0 spiro atoms. The third kappa shape index (κ3) is 1.05. The van der Waals surface area contributed by atoms with Gasteiger partial charge in [-0.3, -0.25) is 0 Å². The molecule has 0 radical (unpaired) electrons. The molecule has 0 aromatic carbocycles. The smallest absolute Gasteiger partial charge is 0.229 e. The van der Waals surface area contributed by atoms with E-state index in [0.29, 0.717) is 11.3 Å². The number of aryl methyl sites for hydroxylation is 1. The fraction of sp³-hybridized carbons (Fsp3) is 0.250. The molecule has 0 bridgehead atoms. The maximum atomic E-state index is 9.32. The van der Waals surface area contributed by atoms with E-state index in [1.54, 1.807) is 19.9 Å². The van der Waals surface area contributed by atoms with Crippen LogP contribution in [0.25, 0.3) is 0 Å². The molecule has 4 nitrogen and oxygen atoms in total. The number of aromatic hydroxyl groups is 2. The molecule has 62 valence electrons. The van der Waals surface area contributed by atoms with Gasteiger partial charge >= 0.3 is 0 Å². The van der Waals surface area contributed by atoms with E-state index in [-0.39, 0.29) is 17.2 Å². The summed E-state index contributed by atoms with van der Waals surface area (Å²) in [6.45, 7) is 3.12. The van der Waals surface area contributed by atoms with Gasteiger partial charge in [-0.2, -0.15) is 5.26 Å². The monoisotopic (exact) mass is 164 g/mol. The molecule has 1 heterocycles. The summed E-state index contributed by atoms with van der Waals surface area (Å²) in [5.41, 5.74) is 0.713. The zero-order valence-corrected chi connectivity index (χ0v) is 6.79. The first-order chi connectivity index (χ1) is 5.57. The summed E-state index contributed by atoms with van der Waals surface area (Å²) in [6.07, 6.45) is 0. The van der Waals surface area contributed by atoms with Crippen molar-refractivity contribution in [3.05, 3.63) is 16.8 Å². The Hall–Kier alpha value is -1.76. The molecule has 0 aliphatic carbocycles. The van der Waals surface area contributed by atoms with E-state index in [1.165, 1.54) is 0 Å². The second-order valence-electron chi connectivity index (χ2n) is 2.48. The number of nitriles is 1. The highest BCUT2D eigenvalue weighted by Gasteiger charge is 2.12. The summed E-state index contributed by atoms with van der Waals surface area (Å²) in [5, 5.41) is 27.0. The Labute approximate surface area is 69.7 Å². The van der Waals surface area contributed by atoms with Crippen molar-refractivity contribution in [1.82, 2.24) is 4.98 Å². The van der Waals surface area contributed by atoms with Crippen LogP contribution in [0.15, 0.2) is 0 Å². The molecular weight excluding hydrogens is 156 g/mol. The van der Waals surface area contributed by atoms with Crippen LogP contribution in [-0.4, -0.2) is 15.2 Å². The molecule has 0 aliphatic heterocycles. The van der Waals surface area contributed by atoms with Gasteiger partial charge in [0.15, 0.2) is 0 Å². The lowest BCUT2D eigenvalue weighted by molar-refractivity contribution is 0.431. The van der Waals surface area contributed by atoms with Gasteiger partial charge in [0.1, 0.15) is 17.4 Å². The molecule has 2 N–H and O–H groups in total. The lowest BCUT2D eigenvalue weighted by Gasteiger charge is -2.04. The van der Waals surface area contributed by atoms with Crippen LogP contribution in [0.2, 0.25) is 0 Å². The van der Waals surface area contributed by atoms with Crippen molar-refractivity contribution in [3.63, 3.8) is 0 Å². The molecule has 1 rings (SSSR count). The molecule has 0 saturated carbocycles. The van der Waals surface area contributed by atoms with Crippen molar-refractivity contribution in [2.45, 2.75) is 13.8 Å². The molecule has 0 fully saturated rings. The first-order valence-corrected chi connectivity index (χ1v) is 3.37. The predicted molar refractivity (Wildman–Crippen MR) is 41.8 cm³/mol. The van der Waals surface area contributed by atoms with Gasteiger partial charge in [0.05, 0.1) is 5.69 Å². The van der Waals surface area contributed by atoms with E-state index in [2.05, 4.69) is 4.98 Å². The molecule has 1 aromatic heterocycles. The van der Waals surface area contributed by atoms with Gasteiger partial charge in [-0.05, 0) is 13.8 Å². The summed E-state index contributed by atoms with van der Waals surface area (Å²) >= 11 is 0. The van der Waals surface area contributed by atoms with Gasteiger partial charge in [0.2, 0.25) is 5.88 Å². The van der Waals surface area contributed by atoms with Crippen LogP contribution in [-0.2, 0) is 0 Å². The number of aromatic nitrogens is 1. The lowest BCUT2D eigenvalue weighted by atomic mass is 10.1. The minimum Gasteiger partial charge on any atom is -0.506 e. The highest BCUT2D eigenvalue weighted by Crippen LogP contribution is 2.27. The number of hydrogen-bond acceptors (Lipinski definition) is 4. The Morgan fingerprint density at radius 3 is 2.42 bits per heavy atom. The highest BCUT2D eigenvalue weighted by atomic mass is 16.3. The Balaban J connectivity index is 3.54. The highest BCUT2D eigenvalue weighted by molar-refractivity contribution is 5.51. The van der Waals surface area contributed by atoms with Crippen LogP contribution in [0, 0.1) is 25.2 Å². The first kappa shape index (κ1) is 8.34. The largest absolute Gasteiger partial charge is 0.506 e. The van der Waals surface area contributed by atoms with Crippen molar-refractivity contribution in [1.29, 1.82) is 5.26 Å². The van der Waals surface area contributed by atoms with Crippen LogP contribution in [0.1, 0.15) is 16.8 Å². The van der Waals surface area contributed by atoms with Gasteiger partial charge in [0, 0.05) is 5.56 Å². The molecule has 0 amide bonds. The molecule has 0 unspecified atom stereocenters.